The van der Waals surface area contributed by atoms with Crippen molar-refractivity contribution in [3.8, 4) is 0 Å². The highest BCUT2D eigenvalue weighted by Crippen LogP contribution is 1.91. The van der Waals surface area contributed by atoms with Crippen LogP contribution in [0.15, 0.2) is 12.2 Å². The molecule has 0 bridgehead atoms. The SMILES string of the molecule is CC=CC(=O)OCC(O)CC. The Labute approximate surface area is 66.7 Å². The number of hydrogen-bond acceptors (Lipinski definition) is 3. The fourth-order valence-corrected chi connectivity index (χ4v) is 0.480. The smallest absolute Gasteiger partial charge is 0.330 e. The van der Waals surface area contributed by atoms with Gasteiger partial charge in [0.15, 0.2) is 0 Å². The van der Waals surface area contributed by atoms with Gasteiger partial charge in [0.05, 0.1) is 6.10 Å². The first-order chi connectivity index (χ1) is 5.20. The Kier molecular flexibility index (Phi) is 5.47. The van der Waals surface area contributed by atoms with E-state index in [2.05, 4.69) is 4.74 Å². The first-order valence-electron chi connectivity index (χ1n) is 3.68. The molecule has 1 N–H and O–H groups in total. The van der Waals surface area contributed by atoms with Crippen LogP contribution in [0.5, 0.6) is 0 Å². The monoisotopic (exact) mass is 158 g/mol. The van der Waals surface area contributed by atoms with Crippen LogP contribution in [0.3, 0.4) is 0 Å². The van der Waals surface area contributed by atoms with Crippen LogP contribution in [-0.4, -0.2) is 23.8 Å². The second kappa shape index (κ2) is 5.92. The van der Waals surface area contributed by atoms with Gasteiger partial charge >= 0.3 is 5.97 Å². The molecule has 0 aliphatic carbocycles. The van der Waals surface area contributed by atoms with Gasteiger partial charge in [-0.05, 0) is 13.3 Å². The molecule has 1 atom stereocenters. The molecule has 3 heteroatoms. The van der Waals surface area contributed by atoms with Gasteiger partial charge in [0, 0.05) is 6.08 Å². The maximum atomic E-state index is 10.6. The molecule has 0 aliphatic rings. The molecule has 1 unspecified atom stereocenters. The van der Waals surface area contributed by atoms with Gasteiger partial charge in [-0.15, -0.1) is 0 Å². The zero-order chi connectivity index (χ0) is 8.69. The maximum Gasteiger partial charge on any atom is 0.330 e. The highest BCUT2D eigenvalue weighted by atomic mass is 16.5. The quantitative estimate of drug-likeness (QED) is 0.488. The molecule has 0 heterocycles. The van der Waals surface area contributed by atoms with Crippen LogP contribution in [0.1, 0.15) is 20.3 Å². The number of aliphatic hydroxyl groups excluding tert-OH is 1. The Balaban J connectivity index is 3.45. The normalized spacial score (nSPS) is 13.4. The number of allylic oxidation sites excluding steroid dienone is 1. The third-order valence-corrected chi connectivity index (χ3v) is 1.19. The molecule has 0 rings (SSSR count). The summed E-state index contributed by atoms with van der Waals surface area (Å²) < 4.78 is 4.66. The van der Waals surface area contributed by atoms with E-state index in [0.29, 0.717) is 6.42 Å². The summed E-state index contributed by atoms with van der Waals surface area (Å²) in [6.45, 7) is 3.64. The van der Waals surface area contributed by atoms with Crippen molar-refractivity contribution < 1.29 is 14.6 Å². The van der Waals surface area contributed by atoms with Crippen molar-refractivity contribution in [2.24, 2.45) is 0 Å². The molecule has 0 radical (unpaired) electrons. The van der Waals surface area contributed by atoms with Gasteiger partial charge in [-0.3, -0.25) is 0 Å². The number of esters is 1. The summed E-state index contributed by atoms with van der Waals surface area (Å²) in [5.41, 5.74) is 0. The summed E-state index contributed by atoms with van der Waals surface area (Å²) in [6.07, 6.45) is 2.98. The van der Waals surface area contributed by atoms with Crippen molar-refractivity contribution in [2.75, 3.05) is 6.61 Å². The summed E-state index contributed by atoms with van der Waals surface area (Å²) >= 11 is 0. The summed E-state index contributed by atoms with van der Waals surface area (Å²) in [7, 11) is 0. The van der Waals surface area contributed by atoms with Gasteiger partial charge < -0.3 is 9.84 Å². The lowest BCUT2D eigenvalue weighted by molar-refractivity contribution is -0.140. The lowest BCUT2D eigenvalue weighted by atomic mass is 10.3. The zero-order valence-corrected chi connectivity index (χ0v) is 6.91. The van der Waals surface area contributed by atoms with Crippen LogP contribution in [0.2, 0.25) is 0 Å². The second-order valence-electron chi connectivity index (χ2n) is 2.19. The molecule has 0 aromatic heterocycles. The number of rotatable bonds is 4. The molecule has 0 saturated heterocycles. The van der Waals surface area contributed by atoms with E-state index in [0.717, 1.165) is 0 Å². The summed E-state index contributed by atoms with van der Waals surface area (Å²) in [6, 6.07) is 0. The largest absolute Gasteiger partial charge is 0.460 e. The van der Waals surface area contributed by atoms with E-state index < -0.39 is 12.1 Å². The van der Waals surface area contributed by atoms with Crippen LogP contribution in [0, 0.1) is 0 Å². The Morgan fingerprint density at radius 3 is 2.82 bits per heavy atom. The minimum atomic E-state index is -0.538. The lowest BCUT2D eigenvalue weighted by Gasteiger charge is -2.06. The zero-order valence-electron chi connectivity index (χ0n) is 6.91. The van der Waals surface area contributed by atoms with Crippen LogP contribution in [0.4, 0.5) is 0 Å². The molecule has 11 heavy (non-hydrogen) atoms. The first-order valence-corrected chi connectivity index (χ1v) is 3.68. The van der Waals surface area contributed by atoms with Gasteiger partial charge in [0.2, 0.25) is 0 Å². The highest BCUT2D eigenvalue weighted by molar-refractivity contribution is 5.81. The predicted molar refractivity (Wildman–Crippen MR) is 42.1 cm³/mol. The highest BCUT2D eigenvalue weighted by Gasteiger charge is 2.02. The topological polar surface area (TPSA) is 46.5 Å². The second-order valence-corrected chi connectivity index (χ2v) is 2.19. The Hall–Kier alpha value is -0.830. The van der Waals surface area contributed by atoms with Crippen molar-refractivity contribution in [3.63, 3.8) is 0 Å². The van der Waals surface area contributed by atoms with Crippen molar-refractivity contribution in [2.45, 2.75) is 26.4 Å². The fourth-order valence-electron chi connectivity index (χ4n) is 0.480. The van der Waals surface area contributed by atoms with E-state index in [9.17, 15) is 4.79 Å². The number of aliphatic hydroxyl groups is 1. The minimum Gasteiger partial charge on any atom is -0.460 e. The van der Waals surface area contributed by atoms with Crippen LogP contribution in [-0.2, 0) is 9.53 Å². The number of hydrogen-bond donors (Lipinski definition) is 1. The molecular formula is C8H14O3. The third-order valence-electron chi connectivity index (χ3n) is 1.19. The molecule has 64 valence electrons. The molecule has 0 spiro atoms. The number of carbonyl (C=O) groups is 1. The molecule has 0 aliphatic heterocycles. The minimum absolute atomic E-state index is 0.0830. The average molecular weight is 158 g/mol. The van der Waals surface area contributed by atoms with Crippen molar-refractivity contribution in [1.29, 1.82) is 0 Å². The van der Waals surface area contributed by atoms with Gasteiger partial charge in [0.25, 0.3) is 0 Å². The summed E-state index contributed by atoms with van der Waals surface area (Å²) in [5, 5.41) is 8.97. The molecule has 0 aromatic rings. The van der Waals surface area contributed by atoms with Crippen molar-refractivity contribution in [1.82, 2.24) is 0 Å². The van der Waals surface area contributed by atoms with Crippen molar-refractivity contribution >= 4 is 5.97 Å². The van der Waals surface area contributed by atoms with Crippen molar-refractivity contribution in [3.05, 3.63) is 12.2 Å². The third kappa shape index (κ3) is 5.61. The summed E-state index contributed by atoms with van der Waals surface area (Å²) in [4.78, 5) is 10.6. The number of ether oxygens (including phenoxy) is 1. The van der Waals surface area contributed by atoms with Crippen LogP contribution in [0.25, 0.3) is 0 Å². The maximum absolute atomic E-state index is 10.6. The molecule has 3 nitrogen and oxygen atoms in total. The molecule has 0 amide bonds. The van der Waals surface area contributed by atoms with Crippen LogP contribution < -0.4 is 0 Å². The Bertz CT molecular complexity index is 140. The molecule has 0 fully saturated rings. The summed E-state index contributed by atoms with van der Waals surface area (Å²) in [5.74, 6) is -0.403. The molecule has 0 aromatic carbocycles. The van der Waals surface area contributed by atoms with E-state index in [-0.39, 0.29) is 6.61 Å². The van der Waals surface area contributed by atoms with E-state index in [1.807, 2.05) is 6.92 Å². The lowest BCUT2D eigenvalue weighted by Crippen LogP contribution is -2.16. The Morgan fingerprint density at radius 1 is 1.73 bits per heavy atom. The van der Waals surface area contributed by atoms with E-state index in [1.54, 1.807) is 13.0 Å². The average Bonchev–Trinajstić information content (AvgIpc) is 2.01. The standard InChI is InChI=1S/C8H14O3/c1-3-5-8(10)11-6-7(9)4-2/h3,5,7,9H,4,6H2,1-2H3. The van der Waals surface area contributed by atoms with Gasteiger partial charge in [-0.25, -0.2) is 4.79 Å². The first kappa shape index (κ1) is 10.2. The molecule has 0 saturated carbocycles. The van der Waals surface area contributed by atoms with Gasteiger partial charge in [-0.2, -0.15) is 0 Å². The fraction of sp³-hybridized carbons (Fsp3) is 0.625. The predicted octanol–water partition coefficient (Wildman–Crippen LogP) is 0.877. The van der Waals surface area contributed by atoms with Gasteiger partial charge in [0.1, 0.15) is 6.61 Å². The molecular weight excluding hydrogens is 144 g/mol. The van der Waals surface area contributed by atoms with E-state index in [4.69, 9.17) is 5.11 Å². The van der Waals surface area contributed by atoms with E-state index >= 15 is 0 Å². The Morgan fingerprint density at radius 2 is 2.36 bits per heavy atom. The van der Waals surface area contributed by atoms with E-state index in [1.165, 1.54) is 6.08 Å². The number of carbonyl (C=O) groups excluding carboxylic acids is 1. The van der Waals surface area contributed by atoms with Gasteiger partial charge in [-0.1, -0.05) is 13.0 Å². The van der Waals surface area contributed by atoms with Crippen LogP contribution >= 0.6 is 0 Å².